The van der Waals surface area contributed by atoms with Crippen LogP contribution in [0.2, 0.25) is 0 Å². The molecule has 62 valence electrons. The van der Waals surface area contributed by atoms with Crippen molar-refractivity contribution in [3.63, 3.8) is 0 Å². The monoisotopic (exact) mass is 173 g/mol. The molecule has 0 saturated heterocycles. The Morgan fingerprint density at radius 2 is 2.64 bits per heavy atom. The minimum Gasteiger partial charge on any atom is -0.469 e. The standard InChI is InChI=1S/C7H11NO2S/c1-5-8-6(4-11-5)3-7(9)10-2/h4-5,8H,3H2,1-2H3. The van der Waals surface area contributed by atoms with Gasteiger partial charge in [-0.1, -0.05) is 0 Å². The van der Waals surface area contributed by atoms with Crippen molar-refractivity contribution in [1.29, 1.82) is 0 Å². The van der Waals surface area contributed by atoms with E-state index in [0.29, 0.717) is 11.8 Å². The van der Waals surface area contributed by atoms with Crippen LogP contribution in [-0.4, -0.2) is 18.5 Å². The van der Waals surface area contributed by atoms with Gasteiger partial charge in [-0.2, -0.15) is 0 Å². The van der Waals surface area contributed by atoms with E-state index in [4.69, 9.17) is 0 Å². The van der Waals surface area contributed by atoms with Crippen LogP contribution in [0.5, 0.6) is 0 Å². The molecule has 0 aliphatic carbocycles. The molecule has 1 atom stereocenters. The molecule has 1 aliphatic heterocycles. The van der Waals surface area contributed by atoms with Crippen LogP contribution in [0.3, 0.4) is 0 Å². The smallest absolute Gasteiger partial charge is 0.311 e. The van der Waals surface area contributed by atoms with E-state index >= 15 is 0 Å². The Balaban J connectivity index is 2.33. The molecule has 0 radical (unpaired) electrons. The highest BCUT2D eigenvalue weighted by atomic mass is 32.2. The summed E-state index contributed by atoms with van der Waals surface area (Å²) in [4.78, 5) is 10.8. The number of rotatable bonds is 2. The third-order valence-corrected chi connectivity index (χ3v) is 2.31. The van der Waals surface area contributed by atoms with Crippen molar-refractivity contribution in [2.75, 3.05) is 7.11 Å². The van der Waals surface area contributed by atoms with Crippen LogP contribution >= 0.6 is 11.8 Å². The minimum atomic E-state index is -0.196. The highest BCUT2D eigenvalue weighted by Crippen LogP contribution is 2.21. The quantitative estimate of drug-likeness (QED) is 0.634. The van der Waals surface area contributed by atoms with Crippen LogP contribution in [0.15, 0.2) is 11.1 Å². The summed E-state index contributed by atoms with van der Waals surface area (Å²) in [5.74, 6) is -0.196. The molecule has 3 nitrogen and oxygen atoms in total. The third-order valence-electron chi connectivity index (χ3n) is 1.37. The van der Waals surface area contributed by atoms with Gasteiger partial charge in [0, 0.05) is 5.70 Å². The molecule has 1 rings (SSSR count). The first-order chi connectivity index (χ1) is 5.22. The summed E-state index contributed by atoms with van der Waals surface area (Å²) in [5, 5.41) is 5.49. The van der Waals surface area contributed by atoms with Crippen LogP contribution in [0.1, 0.15) is 13.3 Å². The molecule has 0 aromatic carbocycles. The van der Waals surface area contributed by atoms with Crippen molar-refractivity contribution in [3.05, 3.63) is 11.1 Å². The zero-order valence-electron chi connectivity index (χ0n) is 6.59. The molecule has 1 unspecified atom stereocenters. The van der Waals surface area contributed by atoms with Crippen molar-refractivity contribution in [3.8, 4) is 0 Å². The molecular formula is C7H11NO2S. The van der Waals surface area contributed by atoms with Crippen LogP contribution in [-0.2, 0) is 9.53 Å². The third kappa shape index (κ3) is 2.46. The lowest BCUT2D eigenvalue weighted by Gasteiger charge is -2.05. The number of esters is 1. The van der Waals surface area contributed by atoms with Gasteiger partial charge in [-0.15, -0.1) is 11.8 Å². The molecule has 0 bridgehead atoms. The lowest BCUT2D eigenvalue weighted by molar-refractivity contribution is -0.139. The average Bonchev–Trinajstić information content (AvgIpc) is 2.35. The zero-order valence-corrected chi connectivity index (χ0v) is 7.40. The summed E-state index contributed by atoms with van der Waals surface area (Å²) in [7, 11) is 1.40. The van der Waals surface area contributed by atoms with E-state index < -0.39 is 0 Å². The van der Waals surface area contributed by atoms with Crippen molar-refractivity contribution >= 4 is 17.7 Å². The number of methoxy groups -OCH3 is 1. The fourth-order valence-corrected chi connectivity index (χ4v) is 1.57. The summed E-state index contributed by atoms with van der Waals surface area (Å²) < 4.78 is 4.52. The van der Waals surface area contributed by atoms with Gasteiger partial charge in [-0.25, -0.2) is 0 Å². The second-order valence-corrected chi connectivity index (χ2v) is 3.53. The highest BCUT2D eigenvalue weighted by molar-refractivity contribution is 8.02. The van der Waals surface area contributed by atoms with Gasteiger partial charge in [0.25, 0.3) is 0 Å². The van der Waals surface area contributed by atoms with Crippen molar-refractivity contribution < 1.29 is 9.53 Å². The molecule has 0 fully saturated rings. The van der Waals surface area contributed by atoms with E-state index in [-0.39, 0.29) is 5.97 Å². The lowest BCUT2D eigenvalue weighted by atomic mass is 10.3. The fraction of sp³-hybridized carbons (Fsp3) is 0.571. The van der Waals surface area contributed by atoms with Gasteiger partial charge in [-0.3, -0.25) is 4.79 Å². The van der Waals surface area contributed by atoms with Gasteiger partial charge in [0.05, 0.1) is 18.9 Å². The minimum absolute atomic E-state index is 0.196. The van der Waals surface area contributed by atoms with E-state index in [1.807, 2.05) is 12.3 Å². The number of thioether (sulfide) groups is 1. The van der Waals surface area contributed by atoms with E-state index in [9.17, 15) is 4.79 Å². The Morgan fingerprint density at radius 3 is 3.09 bits per heavy atom. The lowest BCUT2D eigenvalue weighted by Crippen LogP contribution is -2.18. The Hall–Kier alpha value is -0.640. The molecule has 1 N–H and O–H groups in total. The first kappa shape index (κ1) is 8.46. The van der Waals surface area contributed by atoms with Gasteiger partial charge in [0.15, 0.2) is 0 Å². The number of carbonyl (C=O) groups excluding carboxylic acids is 1. The Kier molecular flexibility index (Phi) is 2.82. The second kappa shape index (κ2) is 3.67. The van der Waals surface area contributed by atoms with Crippen molar-refractivity contribution in [1.82, 2.24) is 5.32 Å². The van der Waals surface area contributed by atoms with E-state index in [0.717, 1.165) is 5.70 Å². The summed E-state index contributed by atoms with van der Waals surface area (Å²) in [6.07, 6.45) is 0.355. The van der Waals surface area contributed by atoms with Gasteiger partial charge >= 0.3 is 5.97 Å². The van der Waals surface area contributed by atoms with Crippen LogP contribution in [0.25, 0.3) is 0 Å². The number of nitrogens with one attached hydrogen (secondary N) is 1. The Labute approximate surface area is 70.2 Å². The van der Waals surface area contributed by atoms with E-state index in [1.54, 1.807) is 11.8 Å². The number of carbonyl (C=O) groups is 1. The van der Waals surface area contributed by atoms with Crippen molar-refractivity contribution in [2.24, 2.45) is 0 Å². The van der Waals surface area contributed by atoms with Crippen molar-refractivity contribution in [2.45, 2.75) is 18.7 Å². The molecule has 4 heteroatoms. The molecular weight excluding hydrogens is 162 g/mol. The van der Waals surface area contributed by atoms with E-state index in [1.165, 1.54) is 7.11 Å². The Bertz CT molecular complexity index is 191. The summed E-state index contributed by atoms with van der Waals surface area (Å²) in [5.41, 5.74) is 0.953. The molecule has 0 spiro atoms. The predicted molar refractivity (Wildman–Crippen MR) is 44.9 cm³/mol. The van der Waals surface area contributed by atoms with Gasteiger partial charge in [-0.05, 0) is 12.3 Å². The number of hydrogen-bond donors (Lipinski definition) is 1. The largest absolute Gasteiger partial charge is 0.469 e. The number of ether oxygens (including phenoxy) is 1. The highest BCUT2D eigenvalue weighted by Gasteiger charge is 2.14. The molecule has 0 aromatic heterocycles. The fourth-order valence-electron chi connectivity index (χ4n) is 0.834. The van der Waals surface area contributed by atoms with Gasteiger partial charge in [0.2, 0.25) is 0 Å². The predicted octanol–water partition coefficient (Wildman–Crippen LogP) is 1.07. The first-order valence-corrected chi connectivity index (χ1v) is 4.34. The summed E-state index contributed by atoms with van der Waals surface area (Å²) in [6, 6.07) is 0. The van der Waals surface area contributed by atoms with Gasteiger partial charge < -0.3 is 10.1 Å². The second-order valence-electron chi connectivity index (χ2n) is 2.32. The summed E-state index contributed by atoms with van der Waals surface area (Å²) >= 11 is 1.68. The zero-order chi connectivity index (χ0) is 8.27. The molecule has 0 amide bonds. The van der Waals surface area contributed by atoms with Crippen LogP contribution in [0, 0.1) is 0 Å². The van der Waals surface area contributed by atoms with E-state index in [2.05, 4.69) is 10.1 Å². The van der Waals surface area contributed by atoms with Gasteiger partial charge in [0.1, 0.15) is 0 Å². The SMILES string of the molecule is COC(=O)CC1=CSC(C)N1. The normalized spacial score (nSPS) is 22.4. The molecule has 0 saturated carbocycles. The van der Waals surface area contributed by atoms with Crippen LogP contribution in [0.4, 0.5) is 0 Å². The molecule has 0 aromatic rings. The molecule has 1 heterocycles. The topological polar surface area (TPSA) is 38.3 Å². The molecule has 1 aliphatic rings. The first-order valence-electron chi connectivity index (χ1n) is 3.40. The number of hydrogen-bond acceptors (Lipinski definition) is 4. The average molecular weight is 173 g/mol. The maximum absolute atomic E-state index is 10.8. The molecule has 11 heavy (non-hydrogen) atoms. The Morgan fingerprint density at radius 1 is 1.91 bits per heavy atom. The van der Waals surface area contributed by atoms with Crippen LogP contribution < -0.4 is 5.32 Å². The summed E-state index contributed by atoms with van der Waals surface area (Å²) in [6.45, 7) is 2.05. The maximum atomic E-state index is 10.8. The maximum Gasteiger partial charge on any atom is 0.311 e.